The van der Waals surface area contributed by atoms with Crippen molar-refractivity contribution in [2.75, 3.05) is 7.05 Å². The molecule has 8 heteroatoms. The number of aromatic nitrogens is 3. The second-order valence-electron chi connectivity index (χ2n) is 8.78. The molecule has 34 heavy (non-hydrogen) atoms. The molecule has 0 aliphatic carbocycles. The fourth-order valence-electron chi connectivity index (χ4n) is 3.80. The van der Waals surface area contributed by atoms with Gasteiger partial charge in [0.05, 0.1) is 33.6 Å². The largest absolute Gasteiger partial charge is 0.344 e. The number of hydrogen-bond donors (Lipinski definition) is 1. The van der Waals surface area contributed by atoms with Gasteiger partial charge in [0.25, 0.3) is 5.91 Å². The number of nitrogens with one attached hydrogen (secondary N) is 1. The average Bonchev–Trinajstić information content (AvgIpc) is 3.26. The Balaban J connectivity index is 1.66. The minimum absolute atomic E-state index is 0.121. The zero-order valence-corrected chi connectivity index (χ0v) is 20.7. The van der Waals surface area contributed by atoms with Crippen molar-refractivity contribution in [1.82, 2.24) is 19.9 Å². The molecule has 1 unspecified atom stereocenters. The van der Waals surface area contributed by atoms with Crippen LogP contribution in [0.1, 0.15) is 48.3 Å². The molecule has 2 aromatic heterocycles. The number of hydrogen-bond acceptors (Lipinski definition) is 5. The summed E-state index contributed by atoms with van der Waals surface area (Å²) in [7, 11) is -1.58. The molecule has 7 nitrogen and oxygen atoms in total. The van der Waals surface area contributed by atoms with Gasteiger partial charge in [-0.15, -0.1) is 0 Å². The summed E-state index contributed by atoms with van der Waals surface area (Å²) in [5, 5.41) is -0.498. The van der Waals surface area contributed by atoms with Gasteiger partial charge in [-0.2, -0.15) is 0 Å². The van der Waals surface area contributed by atoms with Crippen LogP contribution in [0.15, 0.2) is 65.8 Å². The van der Waals surface area contributed by atoms with Crippen molar-refractivity contribution in [2.45, 2.75) is 43.9 Å². The normalized spacial score (nSPS) is 12.8. The monoisotopic (exact) mass is 476 g/mol. The summed E-state index contributed by atoms with van der Waals surface area (Å²) < 4.78 is 24.8. The molecule has 0 aliphatic rings. The van der Waals surface area contributed by atoms with E-state index in [0.717, 1.165) is 16.7 Å². The van der Waals surface area contributed by atoms with Gasteiger partial charge in [0.2, 0.25) is 0 Å². The number of nitrogens with zero attached hydrogens (tertiary/aromatic N) is 3. The van der Waals surface area contributed by atoms with Crippen LogP contribution < -0.4 is 0 Å². The third-order valence-corrected chi connectivity index (χ3v) is 8.31. The van der Waals surface area contributed by atoms with Gasteiger partial charge < -0.3 is 9.88 Å². The number of fused-ring (bicyclic) bond motifs is 1. The Kier molecular flexibility index (Phi) is 6.27. The molecule has 0 bridgehead atoms. The first-order chi connectivity index (χ1) is 16.1. The topological polar surface area (TPSA) is 96.0 Å². The van der Waals surface area contributed by atoms with Crippen LogP contribution in [0.4, 0.5) is 0 Å². The smallest absolute Gasteiger partial charge is 0.257 e. The minimum Gasteiger partial charge on any atom is -0.344 e. The van der Waals surface area contributed by atoms with Crippen LogP contribution in [0.5, 0.6) is 0 Å². The van der Waals surface area contributed by atoms with Gasteiger partial charge >= 0.3 is 0 Å². The van der Waals surface area contributed by atoms with E-state index in [1.165, 1.54) is 0 Å². The molecular formula is C26H28N4O3S. The third-order valence-electron chi connectivity index (χ3n) is 6.14. The van der Waals surface area contributed by atoms with Crippen LogP contribution in [0.2, 0.25) is 0 Å². The first-order valence-corrected chi connectivity index (χ1v) is 12.7. The number of carbonyl (C=O) groups excluding carboxylic acids is 1. The van der Waals surface area contributed by atoms with Gasteiger partial charge in [0.15, 0.2) is 15.5 Å². The van der Waals surface area contributed by atoms with E-state index in [1.54, 1.807) is 62.5 Å². The summed E-state index contributed by atoms with van der Waals surface area (Å²) in [5.41, 5.74) is 4.90. The Morgan fingerprint density at radius 1 is 1.06 bits per heavy atom. The second kappa shape index (κ2) is 9.02. The summed E-state index contributed by atoms with van der Waals surface area (Å²) >= 11 is 0. The number of aromatic amines is 1. The quantitative estimate of drug-likeness (QED) is 0.425. The third kappa shape index (κ3) is 4.33. The van der Waals surface area contributed by atoms with Crippen molar-refractivity contribution in [2.24, 2.45) is 0 Å². The molecule has 0 radical (unpaired) electrons. The molecule has 0 saturated carbocycles. The fraction of sp³-hybridized carbons (Fsp3) is 0.269. The van der Waals surface area contributed by atoms with E-state index in [2.05, 4.69) is 16.0 Å². The Bertz CT molecular complexity index is 1460. The van der Waals surface area contributed by atoms with Gasteiger partial charge in [-0.1, -0.05) is 42.0 Å². The molecule has 4 rings (SSSR count). The highest BCUT2D eigenvalue weighted by Crippen LogP contribution is 2.26. The van der Waals surface area contributed by atoms with Crippen molar-refractivity contribution in [1.29, 1.82) is 0 Å². The number of rotatable bonds is 6. The van der Waals surface area contributed by atoms with Crippen LogP contribution in [0.25, 0.3) is 22.4 Å². The first kappa shape index (κ1) is 23.6. The molecule has 0 aliphatic heterocycles. The van der Waals surface area contributed by atoms with E-state index >= 15 is 0 Å². The zero-order valence-electron chi connectivity index (χ0n) is 19.9. The van der Waals surface area contributed by atoms with Gasteiger partial charge in [0, 0.05) is 18.8 Å². The van der Waals surface area contributed by atoms with E-state index in [-0.39, 0.29) is 16.8 Å². The second-order valence-corrected chi connectivity index (χ2v) is 11.3. The number of aryl methyl sites for hydroxylation is 1. The summed E-state index contributed by atoms with van der Waals surface area (Å²) in [6, 6.07) is 14.6. The number of carbonyl (C=O) groups is 1. The molecule has 0 fully saturated rings. The molecule has 2 aromatic carbocycles. The highest BCUT2D eigenvalue weighted by atomic mass is 32.2. The maximum atomic E-state index is 13.4. The molecule has 0 saturated heterocycles. The Morgan fingerprint density at radius 3 is 2.41 bits per heavy atom. The Labute approximate surface area is 199 Å². The van der Waals surface area contributed by atoms with Crippen molar-refractivity contribution < 1.29 is 13.2 Å². The van der Waals surface area contributed by atoms with Crippen molar-refractivity contribution in [3.8, 4) is 11.3 Å². The summed E-state index contributed by atoms with van der Waals surface area (Å²) in [6.07, 6.45) is 3.24. The molecule has 1 N–H and O–H groups in total. The lowest BCUT2D eigenvalue weighted by atomic mass is 10.0. The van der Waals surface area contributed by atoms with Crippen LogP contribution in [-0.4, -0.2) is 46.5 Å². The lowest BCUT2D eigenvalue weighted by Crippen LogP contribution is -2.29. The van der Waals surface area contributed by atoms with Crippen LogP contribution >= 0.6 is 0 Å². The van der Waals surface area contributed by atoms with E-state index in [9.17, 15) is 13.2 Å². The van der Waals surface area contributed by atoms with Crippen LogP contribution in [-0.2, 0) is 9.84 Å². The van der Waals surface area contributed by atoms with Gasteiger partial charge in [0.1, 0.15) is 5.52 Å². The summed E-state index contributed by atoms with van der Waals surface area (Å²) in [5.74, 6) is -0.162. The highest BCUT2D eigenvalue weighted by molar-refractivity contribution is 7.92. The standard InChI is InChI=1S/C26H28N4O3S/c1-16(2)34(32,33)21-11-9-19(10-12-21)23-15-28-25-24(29-23)22(14-27-25)26(31)30(5)18(4)20-8-6-7-17(3)13-20/h6-16,18H,1-5H3,(H,27,28). The van der Waals surface area contributed by atoms with Gasteiger partial charge in [-0.25, -0.2) is 18.4 Å². The fourth-order valence-corrected chi connectivity index (χ4v) is 4.86. The molecular weight excluding hydrogens is 448 g/mol. The van der Waals surface area contributed by atoms with Gasteiger partial charge in [-0.3, -0.25) is 4.79 Å². The van der Waals surface area contributed by atoms with Crippen molar-refractivity contribution in [3.63, 3.8) is 0 Å². The average molecular weight is 477 g/mol. The molecule has 4 aromatic rings. The maximum Gasteiger partial charge on any atom is 0.257 e. The highest BCUT2D eigenvalue weighted by Gasteiger charge is 2.23. The predicted molar refractivity (Wildman–Crippen MR) is 133 cm³/mol. The molecule has 176 valence electrons. The lowest BCUT2D eigenvalue weighted by Gasteiger charge is -2.25. The summed E-state index contributed by atoms with van der Waals surface area (Å²) in [4.78, 5) is 27.5. The van der Waals surface area contributed by atoms with E-state index < -0.39 is 15.1 Å². The molecule has 2 heterocycles. The Hall–Kier alpha value is -3.52. The number of benzene rings is 2. The van der Waals surface area contributed by atoms with Crippen LogP contribution in [0, 0.1) is 6.92 Å². The zero-order chi connectivity index (χ0) is 24.6. The van der Waals surface area contributed by atoms with E-state index in [4.69, 9.17) is 4.98 Å². The van der Waals surface area contributed by atoms with Crippen molar-refractivity contribution >= 4 is 26.9 Å². The van der Waals surface area contributed by atoms with E-state index in [0.29, 0.717) is 22.4 Å². The minimum atomic E-state index is -3.35. The number of amides is 1. The van der Waals surface area contributed by atoms with Crippen molar-refractivity contribution in [3.05, 3.63) is 77.6 Å². The molecule has 1 amide bonds. The van der Waals surface area contributed by atoms with Crippen LogP contribution in [0.3, 0.4) is 0 Å². The lowest BCUT2D eigenvalue weighted by molar-refractivity contribution is 0.0744. The first-order valence-electron chi connectivity index (χ1n) is 11.1. The maximum absolute atomic E-state index is 13.4. The molecule has 0 spiro atoms. The Morgan fingerprint density at radius 2 is 1.76 bits per heavy atom. The SMILES string of the molecule is Cc1cccc(C(C)N(C)C(=O)c2c[nH]c3ncc(-c4ccc(S(=O)(=O)C(C)C)cc4)nc23)c1. The van der Waals surface area contributed by atoms with Gasteiger partial charge in [-0.05, 0) is 45.4 Å². The molecule has 1 atom stereocenters. The van der Waals surface area contributed by atoms with E-state index in [1.807, 2.05) is 32.0 Å². The number of H-pyrrole nitrogens is 1. The predicted octanol–water partition coefficient (Wildman–Crippen LogP) is 4.95. The number of sulfone groups is 1. The summed E-state index contributed by atoms with van der Waals surface area (Å²) in [6.45, 7) is 7.33.